The fourth-order valence-electron chi connectivity index (χ4n) is 14.0. The normalized spacial score (nSPS) is 14.9. The van der Waals surface area contributed by atoms with Crippen LogP contribution in [0.3, 0.4) is 0 Å². The molecule has 0 radical (unpaired) electrons. The highest BCUT2D eigenvalue weighted by Crippen LogP contribution is 2.59. The topological polar surface area (TPSA) is 6.48 Å². The fraction of sp³-hybridized carbons (Fsp3) is 0.284. The van der Waals surface area contributed by atoms with Crippen molar-refractivity contribution in [3.05, 3.63) is 213 Å². The highest BCUT2D eigenvalue weighted by molar-refractivity contribution is 5.91. The third kappa shape index (κ3) is 6.57. The van der Waals surface area contributed by atoms with Gasteiger partial charge in [0.15, 0.2) is 0 Å². The Labute approximate surface area is 412 Å². The molecule has 0 N–H and O–H groups in total. The molecule has 0 saturated carbocycles. The molecule has 11 rings (SSSR count). The van der Waals surface area contributed by atoms with Gasteiger partial charge in [0.25, 0.3) is 0 Å². The first-order valence-corrected chi connectivity index (χ1v) is 26.0. The van der Waals surface area contributed by atoms with Gasteiger partial charge in [-0.2, -0.15) is 0 Å². The van der Waals surface area contributed by atoms with E-state index in [1.165, 1.54) is 123 Å². The molecule has 0 unspecified atom stereocenters. The second-order valence-corrected chi connectivity index (χ2v) is 20.7. The van der Waals surface area contributed by atoms with Crippen LogP contribution in [0.2, 0.25) is 0 Å². The highest BCUT2D eigenvalue weighted by Gasteiger charge is 2.44. The number of hydrogen-bond acceptors (Lipinski definition) is 2. The van der Waals surface area contributed by atoms with Gasteiger partial charge in [-0.3, -0.25) is 0 Å². The summed E-state index contributed by atoms with van der Waals surface area (Å²) in [5, 5.41) is 0. The van der Waals surface area contributed by atoms with Crippen LogP contribution in [0, 0.1) is 27.7 Å². The first-order chi connectivity index (χ1) is 33.5. The van der Waals surface area contributed by atoms with Gasteiger partial charge in [-0.1, -0.05) is 126 Å². The molecule has 0 heterocycles. The molecule has 0 saturated heterocycles. The molecule has 2 nitrogen and oxygen atoms in total. The van der Waals surface area contributed by atoms with E-state index in [0.717, 1.165) is 38.5 Å². The van der Waals surface area contributed by atoms with Crippen LogP contribution < -0.4 is 9.80 Å². The lowest BCUT2D eigenvalue weighted by Gasteiger charge is -2.34. The van der Waals surface area contributed by atoms with E-state index >= 15 is 0 Å². The lowest BCUT2D eigenvalue weighted by molar-refractivity contribution is 0.490. The van der Waals surface area contributed by atoms with Crippen molar-refractivity contribution in [1.29, 1.82) is 0 Å². The maximum atomic E-state index is 2.56. The van der Waals surface area contributed by atoms with E-state index in [1.54, 1.807) is 0 Å². The predicted molar refractivity (Wildman–Crippen MR) is 295 cm³/mol. The monoisotopic (exact) mass is 901 g/mol. The SMILES string of the molecule is CCC1(CC)c2ccccc2-c2ccc(N(c3cc(C)cc(C)c3)c3ccc4c(c3)C(CC)(CC)c3cc(N(c5cc(C)cc(C)c5)c5ccc6c(c5)C(CC)(CC)c5ccccc5-6)ccc3-4)cc21. The van der Waals surface area contributed by atoms with E-state index in [2.05, 4.69) is 237 Å². The van der Waals surface area contributed by atoms with Gasteiger partial charge in [0, 0.05) is 50.4 Å². The van der Waals surface area contributed by atoms with Crippen molar-refractivity contribution in [2.75, 3.05) is 9.80 Å². The van der Waals surface area contributed by atoms with Gasteiger partial charge in [0.2, 0.25) is 0 Å². The summed E-state index contributed by atoms with van der Waals surface area (Å²) in [7, 11) is 0. The van der Waals surface area contributed by atoms with Crippen LogP contribution in [0.25, 0.3) is 33.4 Å². The molecule has 2 heteroatoms. The number of hydrogen-bond donors (Lipinski definition) is 0. The van der Waals surface area contributed by atoms with Gasteiger partial charge in [0.1, 0.15) is 0 Å². The summed E-state index contributed by atoms with van der Waals surface area (Å²) >= 11 is 0. The molecule has 346 valence electrons. The average molecular weight is 901 g/mol. The molecular formula is C67H68N2. The molecule has 0 bridgehead atoms. The minimum atomic E-state index is -0.169. The number of rotatable bonds is 12. The van der Waals surface area contributed by atoms with E-state index in [1.807, 2.05) is 0 Å². The van der Waals surface area contributed by atoms with Crippen LogP contribution >= 0.6 is 0 Å². The number of nitrogens with zero attached hydrogens (tertiary/aromatic N) is 2. The van der Waals surface area contributed by atoms with Crippen molar-refractivity contribution in [1.82, 2.24) is 0 Å². The Hall–Kier alpha value is -6.64. The first-order valence-electron chi connectivity index (χ1n) is 26.0. The number of benzene rings is 8. The van der Waals surface area contributed by atoms with Crippen LogP contribution in [0.4, 0.5) is 34.1 Å². The molecule has 69 heavy (non-hydrogen) atoms. The molecule has 0 spiro atoms. The minimum Gasteiger partial charge on any atom is -0.310 e. The zero-order chi connectivity index (χ0) is 48.0. The summed E-state index contributed by atoms with van der Waals surface area (Å²) < 4.78 is 0. The van der Waals surface area contributed by atoms with E-state index in [9.17, 15) is 0 Å². The third-order valence-electron chi connectivity index (χ3n) is 17.4. The number of aryl methyl sites for hydroxylation is 4. The van der Waals surface area contributed by atoms with Crippen molar-refractivity contribution in [3.63, 3.8) is 0 Å². The van der Waals surface area contributed by atoms with E-state index in [0.29, 0.717) is 0 Å². The van der Waals surface area contributed by atoms with Gasteiger partial charge < -0.3 is 9.80 Å². The lowest BCUT2D eigenvalue weighted by Crippen LogP contribution is -2.24. The Morgan fingerprint density at radius 2 is 0.507 bits per heavy atom. The Balaban J connectivity index is 1.07. The quantitative estimate of drug-likeness (QED) is 0.121. The molecule has 3 aliphatic carbocycles. The van der Waals surface area contributed by atoms with Gasteiger partial charge >= 0.3 is 0 Å². The molecule has 3 aliphatic rings. The van der Waals surface area contributed by atoms with Crippen LogP contribution in [-0.2, 0) is 16.2 Å². The Kier molecular flexibility index (Phi) is 10.9. The minimum absolute atomic E-state index is 0.0159. The standard InChI is InChI=1S/C67H68N2/c1-11-65(12-2)59-23-19-17-21-53(59)55-29-25-47(39-61(55)65)68(51-35-43(7)33-44(8)36-51)49-27-31-57-58-32-28-50(42-64(58)67(15-5,16-6)63(57)41-49)69(52-37-45(9)34-46(10)38-52)48-26-30-56-54-22-18-20-24-60(54)66(13-3,14-4)62(56)40-48/h17-42H,11-16H2,1-10H3. The third-order valence-corrected chi connectivity index (χ3v) is 17.4. The van der Waals surface area contributed by atoms with Crippen LogP contribution in [0.5, 0.6) is 0 Å². The molecular weight excluding hydrogens is 833 g/mol. The molecule has 0 aliphatic heterocycles. The largest absolute Gasteiger partial charge is 0.310 e. The zero-order valence-electron chi connectivity index (χ0n) is 42.6. The van der Waals surface area contributed by atoms with Crippen molar-refractivity contribution >= 4 is 34.1 Å². The summed E-state index contributed by atoms with van der Waals surface area (Å²) in [4.78, 5) is 5.09. The summed E-state index contributed by atoms with van der Waals surface area (Å²) in [5.74, 6) is 0. The van der Waals surface area contributed by atoms with Gasteiger partial charge in [0.05, 0.1) is 0 Å². The second-order valence-electron chi connectivity index (χ2n) is 20.7. The van der Waals surface area contributed by atoms with Crippen molar-refractivity contribution in [3.8, 4) is 33.4 Å². The lowest BCUT2D eigenvalue weighted by atomic mass is 9.73. The van der Waals surface area contributed by atoms with Crippen molar-refractivity contribution in [2.45, 2.75) is 124 Å². The zero-order valence-corrected chi connectivity index (χ0v) is 42.6. The molecule has 0 fully saturated rings. The number of fused-ring (bicyclic) bond motifs is 9. The summed E-state index contributed by atoms with van der Waals surface area (Å²) in [6.07, 6.45) is 6.26. The van der Waals surface area contributed by atoms with Gasteiger partial charge in [-0.25, -0.2) is 0 Å². The maximum Gasteiger partial charge on any atom is 0.0466 e. The van der Waals surface area contributed by atoms with Crippen LogP contribution in [0.15, 0.2) is 158 Å². The summed E-state index contributed by atoms with van der Waals surface area (Å²) in [5.41, 5.74) is 29.1. The number of anilines is 6. The van der Waals surface area contributed by atoms with E-state index in [4.69, 9.17) is 0 Å². The molecule has 0 aromatic heterocycles. The maximum absolute atomic E-state index is 2.56. The van der Waals surface area contributed by atoms with Crippen molar-refractivity contribution < 1.29 is 0 Å². The Bertz CT molecular complexity index is 3060. The molecule has 8 aromatic rings. The van der Waals surface area contributed by atoms with E-state index in [-0.39, 0.29) is 16.2 Å². The smallest absolute Gasteiger partial charge is 0.0466 e. The molecule has 8 aromatic carbocycles. The average Bonchev–Trinajstić information content (AvgIpc) is 3.92. The Morgan fingerprint density at radius 1 is 0.261 bits per heavy atom. The molecule has 0 atom stereocenters. The fourth-order valence-corrected chi connectivity index (χ4v) is 14.0. The summed E-state index contributed by atoms with van der Waals surface area (Å²) in [6, 6.07) is 61.7. The summed E-state index contributed by atoms with van der Waals surface area (Å²) in [6.45, 7) is 23.2. The molecule has 0 amide bonds. The van der Waals surface area contributed by atoms with Gasteiger partial charge in [-0.05, 0) is 228 Å². The first kappa shape index (κ1) is 44.8. The van der Waals surface area contributed by atoms with Crippen molar-refractivity contribution in [2.24, 2.45) is 0 Å². The van der Waals surface area contributed by atoms with E-state index < -0.39 is 0 Å². The second kappa shape index (κ2) is 16.8. The van der Waals surface area contributed by atoms with Crippen LogP contribution in [-0.4, -0.2) is 0 Å². The van der Waals surface area contributed by atoms with Gasteiger partial charge in [-0.15, -0.1) is 0 Å². The highest BCUT2D eigenvalue weighted by atomic mass is 15.1. The van der Waals surface area contributed by atoms with Crippen LogP contribution in [0.1, 0.15) is 136 Å². The predicted octanol–water partition coefficient (Wildman–Crippen LogP) is 19.1. The Morgan fingerprint density at radius 3 is 0.783 bits per heavy atom.